The Kier molecular flexibility index (Phi) is 6.84. The summed E-state index contributed by atoms with van der Waals surface area (Å²) in [6.07, 6.45) is 0.731. The van der Waals surface area contributed by atoms with Crippen LogP contribution in [0.2, 0.25) is 0 Å². The summed E-state index contributed by atoms with van der Waals surface area (Å²) in [7, 11) is 1.64. The topological polar surface area (TPSA) is 60.8 Å². The molecule has 1 aliphatic rings. The number of aryl methyl sites for hydroxylation is 1. The fourth-order valence-electron chi connectivity index (χ4n) is 4.92. The van der Waals surface area contributed by atoms with Gasteiger partial charge in [-0.15, -0.1) is 11.3 Å². The maximum atomic E-state index is 13.9. The van der Waals surface area contributed by atoms with E-state index in [1.54, 1.807) is 25.4 Å². The van der Waals surface area contributed by atoms with Gasteiger partial charge in [0, 0.05) is 35.1 Å². The number of rotatable bonds is 8. The molecule has 0 fully saturated rings. The molecule has 0 N–H and O–H groups in total. The summed E-state index contributed by atoms with van der Waals surface area (Å²) >= 11 is 1.58. The summed E-state index contributed by atoms with van der Waals surface area (Å²) in [5.41, 5.74) is 4.82. The number of ether oxygens (including phenoxy) is 2. The van der Waals surface area contributed by atoms with E-state index in [2.05, 4.69) is 4.57 Å². The van der Waals surface area contributed by atoms with Gasteiger partial charge in [-0.05, 0) is 70.2 Å². The molecule has 7 heteroatoms. The first-order valence-corrected chi connectivity index (χ1v) is 12.7. The van der Waals surface area contributed by atoms with Crippen LogP contribution < -0.4 is 9.47 Å². The summed E-state index contributed by atoms with van der Waals surface area (Å²) in [5.74, 6) is 1.14. The first-order chi connectivity index (χ1) is 16.3. The number of fused-ring (bicyclic) bond motifs is 3. The molecule has 1 amide bonds. The minimum absolute atomic E-state index is 0.0262. The Morgan fingerprint density at radius 3 is 2.53 bits per heavy atom. The largest absolute Gasteiger partial charge is 0.493 e. The van der Waals surface area contributed by atoms with Crippen molar-refractivity contribution in [3.63, 3.8) is 0 Å². The van der Waals surface area contributed by atoms with Gasteiger partial charge in [0.1, 0.15) is 5.69 Å². The lowest BCUT2D eigenvalue weighted by Gasteiger charge is -2.28. The van der Waals surface area contributed by atoms with Crippen LogP contribution in [0.25, 0.3) is 21.7 Å². The fourth-order valence-corrected chi connectivity index (χ4v) is 5.69. The molecule has 34 heavy (non-hydrogen) atoms. The lowest BCUT2D eigenvalue weighted by molar-refractivity contribution is 0.0701. The number of methoxy groups -OCH3 is 1. The summed E-state index contributed by atoms with van der Waals surface area (Å²) in [5, 5.41) is 2.00. The number of thiophene rings is 1. The van der Waals surface area contributed by atoms with Crippen molar-refractivity contribution in [2.24, 2.45) is 0 Å². The minimum atomic E-state index is -0.103. The molecule has 0 aliphatic carbocycles. The highest BCUT2D eigenvalue weighted by atomic mass is 32.1. The number of carbonyl (C=O) groups is 2. The number of ketones is 1. The number of hydrogen-bond acceptors (Lipinski definition) is 5. The smallest absolute Gasteiger partial charge is 0.271 e. The number of nitrogens with zero attached hydrogens (tertiary/aromatic N) is 2. The summed E-state index contributed by atoms with van der Waals surface area (Å²) in [6.45, 7) is 11.2. The third-order valence-electron chi connectivity index (χ3n) is 6.36. The normalized spacial score (nSPS) is 12.3. The van der Waals surface area contributed by atoms with E-state index >= 15 is 0 Å². The molecule has 3 aromatic rings. The number of hydrogen-bond donors (Lipinski definition) is 0. The average molecular weight is 481 g/mol. The van der Waals surface area contributed by atoms with Crippen LogP contribution >= 0.6 is 11.3 Å². The maximum absolute atomic E-state index is 13.9. The number of Topliss-reactive ketones (excluding diaryl/α,β-unsaturated/α-hetero) is 1. The van der Waals surface area contributed by atoms with Crippen molar-refractivity contribution in [3.8, 4) is 33.2 Å². The van der Waals surface area contributed by atoms with Crippen LogP contribution in [-0.2, 0) is 13.0 Å². The van der Waals surface area contributed by atoms with Gasteiger partial charge in [-0.25, -0.2) is 0 Å². The molecule has 180 valence electrons. The minimum Gasteiger partial charge on any atom is -0.493 e. The van der Waals surface area contributed by atoms with E-state index in [9.17, 15) is 9.59 Å². The predicted octanol–water partition coefficient (Wildman–Crippen LogP) is 5.92. The number of amides is 1. The lowest BCUT2D eigenvalue weighted by atomic mass is 9.93. The van der Waals surface area contributed by atoms with Crippen molar-refractivity contribution in [1.82, 2.24) is 9.47 Å². The lowest BCUT2D eigenvalue weighted by Crippen LogP contribution is -2.38. The second kappa shape index (κ2) is 9.66. The Balaban J connectivity index is 2.08. The van der Waals surface area contributed by atoms with Gasteiger partial charge in [0.05, 0.1) is 25.0 Å². The van der Waals surface area contributed by atoms with E-state index in [1.165, 1.54) is 0 Å². The SMILES string of the molecule is CCOc1cc2c(cc1OC)CCn1c(C(=O)N(CC)C(C)C)c(C(C)=O)c(-c3cccs3)c1-2. The zero-order chi connectivity index (χ0) is 24.6. The average Bonchev–Trinajstić information content (AvgIpc) is 3.44. The Labute approximate surface area is 205 Å². The van der Waals surface area contributed by atoms with E-state index in [0.717, 1.165) is 33.7 Å². The van der Waals surface area contributed by atoms with Gasteiger partial charge in [-0.3, -0.25) is 9.59 Å². The molecule has 0 saturated carbocycles. The van der Waals surface area contributed by atoms with Crippen molar-refractivity contribution in [2.75, 3.05) is 20.3 Å². The molecular weight excluding hydrogens is 448 g/mol. The van der Waals surface area contributed by atoms with Crippen LogP contribution in [0.3, 0.4) is 0 Å². The van der Waals surface area contributed by atoms with Crippen LogP contribution in [0.5, 0.6) is 11.5 Å². The van der Waals surface area contributed by atoms with Gasteiger partial charge in [0.25, 0.3) is 5.91 Å². The highest BCUT2D eigenvalue weighted by Gasteiger charge is 2.36. The first kappa shape index (κ1) is 24.1. The van der Waals surface area contributed by atoms with Crippen molar-refractivity contribution in [2.45, 2.75) is 53.6 Å². The van der Waals surface area contributed by atoms with E-state index in [-0.39, 0.29) is 17.7 Å². The quantitative estimate of drug-likeness (QED) is 0.376. The Bertz CT molecular complexity index is 1220. The third kappa shape index (κ3) is 3.92. The second-order valence-electron chi connectivity index (χ2n) is 8.66. The molecule has 3 heterocycles. The Morgan fingerprint density at radius 2 is 1.97 bits per heavy atom. The van der Waals surface area contributed by atoms with Crippen LogP contribution in [0, 0.1) is 0 Å². The first-order valence-electron chi connectivity index (χ1n) is 11.8. The van der Waals surface area contributed by atoms with Gasteiger partial charge in [0.2, 0.25) is 0 Å². The maximum Gasteiger partial charge on any atom is 0.271 e. The highest BCUT2D eigenvalue weighted by molar-refractivity contribution is 7.13. The van der Waals surface area contributed by atoms with E-state index in [1.807, 2.05) is 62.2 Å². The van der Waals surface area contributed by atoms with Gasteiger partial charge in [0.15, 0.2) is 17.3 Å². The van der Waals surface area contributed by atoms with Crippen LogP contribution in [0.1, 0.15) is 61.0 Å². The molecule has 2 aromatic heterocycles. The van der Waals surface area contributed by atoms with Crippen molar-refractivity contribution < 1.29 is 19.1 Å². The van der Waals surface area contributed by atoms with Gasteiger partial charge in [-0.2, -0.15) is 0 Å². The molecule has 0 spiro atoms. The number of aromatic nitrogens is 1. The predicted molar refractivity (Wildman–Crippen MR) is 136 cm³/mol. The molecular formula is C27H32N2O4S. The molecule has 1 aromatic carbocycles. The molecule has 0 atom stereocenters. The third-order valence-corrected chi connectivity index (χ3v) is 7.25. The van der Waals surface area contributed by atoms with Crippen LogP contribution in [-0.4, -0.2) is 47.5 Å². The molecule has 0 saturated heterocycles. The molecule has 4 rings (SSSR count). The fraction of sp³-hybridized carbons (Fsp3) is 0.407. The van der Waals surface area contributed by atoms with Crippen molar-refractivity contribution >= 4 is 23.0 Å². The van der Waals surface area contributed by atoms with Crippen molar-refractivity contribution in [3.05, 3.63) is 46.5 Å². The second-order valence-corrected chi connectivity index (χ2v) is 9.61. The zero-order valence-electron chi connectivity index (χ0n) is 20.7. The van der Waals surface area contributed by atoms with Gasteiger partial charge in [-0.1, -0.05) is 6.07 Å². The van der Waals surface area contributed by atoms with Crippen LogP contribution in [0.4, 0.5) is 0 Å². The number of carbonyl (C=O) groups excluding carboxylic acids is 2. The standard InChI is InChI=1S/C27H32N2O4S/c1-7-28(16(3)4)27(31)26-23(17(5)30)24(22-10-9-13-34-22)25-19-15-21(33-8-2)20(32-6)14-18(19)11-12-29(25)26/h9-10,13-16H,7-8,11-12H2,1-6H3. The summed E-state index contributed by atoms with van der Waals surface area (Å²) in [4.78, 5) is 29.8. The molecule has 0 radical (unpaired) electrons. The van der Waals surface area contributed by atoms with Gasteiger partial charge >= 0.3 is 0 Å². The summed E-state index contributed by atoms with van der Waals surface area (Å²) in [6, 6.07) is 8.04. The molecule has 6 nitrogen and oxygen atoms in total. The Morgan fingerprint density at radius 1 is 1.21 bits per heavy atom. The molecule has 0 bridgehead atoms. The monoisotopic (exact) mass is 480 g/mol. The molecule has 0 unspecified atom stereocenters. The Hall–Kier alpha value is -3.06. The van der Waals surface area contributed by atoms with Crippen LogP contribution in [0.15, 0.2) is 29.6 Å². The van der Waals surface area contributed by atoms with E-state index in [0.29, 0.717) is 42.5 Å². The zero-order valence-corrected chi connectivity index (χ0v) is 21.5. The van der Waals surface area contributed by atoms with Crippen molar-refractivity contribution in [1.29, 1.82) is 0 Å². The highest BCUT2D eigenvalue weighted by Crippen LogP contribution is 2.47. The summed E-state index contributed by atoms with van der Waals surface area (Å²) < 4.78 is 13.5. The van der Waals surface area contributed by atoms with E-state index < -0.39 is 0 Å². The van der Waals surface area contributed by atoms with E-state index in [4.69, 9.17) is 9.47 Å². The van der Waals surface area contributed by atoms with Gasteiger partial charge < -0.3 is 18.9 Å². The molecule has 1 aliphatic heterocycles. The number of benzene rings is 1.